The average molecular weight is 358 g/mol. The van der Waals surface area contributed by atoms with Crippen molar-refractivity contribution >= 4 is 17.2 Å². The molecule has 0 unspecified atom stereocenters. The molecule has 2 aromatic heterocycles. The van der Waals surface area contributed by atoms with Gasteiger partial charge in [-0.1, -0.05) is 35.5 Å². The van der Waals surface area contributed by atoms with Crippen LogP contribution < -0.4 is 5.32 Å². The summed E-state index contributed by atoms with van der Waals surface area (Å²) in [6.45, 7) is -0.112. The van der Waals surface area contributed by atoms with Crippen LogP contribution in [0.15, 0.2) is 52.5 Å². The Kier molecular flexibility index (Phi) is 5.14. The number of thiazole rings is 1. The Bertz CT molecular complexity index is 848. The monoisotopic (exact) mass is 358 g/mol. The van der Waals surface area contributed by atoms with E-state index >= 15 is 0 Å². The second-order valence-corrected chi connectivity index (χ2v) is 6.20. The molecule has 128 valence electrons. The lowest BCUT2D eigenvalue weighted by molar-refractivity contribution is -0.519. The third kappa shape index (κ3) is 4.27. The summed E-state index contributed by atoms with van der Waals surface area (Å²) in [5, 5.41) is 19.8. The Labute approximate surface area is 146 Å². The molecule has 0 aliphatic heterocycles. The van der Waals surface area contributed by atoms with Gasteiger partial charge in [0.25, 0.3) is 5.91 Å². The average Bonchev–Trinajstić information content (AvgIpc) is 3.30. The van der Waals surface area contributed by atoms with Crippen molar-refractivity contribution in [2.75, 3.05) is 6.54 Å². The second-order valence-electron chi connectivity index (χ2n) is 5.22. The van der Waals surface area contributed by atoms with E-state index in [4.69, 9.17) is 4.52 Å². The third-order valence-electron chi connectivity index (χ3n) is 3.49. The van der Waals surface area contributed by atoms with Crippen LogP contribution in [0.1, 0.15) is 15.5 Å². The first kappa shape index (κ1) is 16.8. The van der Waals surface area contributed by atoms with E-state index < -0.39 is 16.9 Å². The van der Waals surface area contributed by atoms with E-state index in [1.165, 1.54) is 17.4 Å². The smallest absolute Gasteiger partial charge is 0.273 e. The van der Waals surface area contributed by atoms with Crippen LogP contribution in [-0.2, 0) is 6.42 Å². The number of carbonyl (C=O) groups is 1. The molecular weight excluding hydrogens is 344 g/mol. The van der Waals surface area contributed by atoms with Crippen LogP contribution in [-0.4, -0.2) is 33.6 Å². The van der Waals surface area contributed by atoms with Crippen molar-refractivity contribution in [2.45, 2.75) is 12.5 Å². The summed E-state index contributed by atoms with van der Waals surface area (Å²) in [6, 6.07) is 9.78. The van der Waals surface area contributed by atoms with Gasteiger partial charge in [0.15, 0.2) is 11.5 Å². The quantitative estimate of drug-likeness (QED) is 0.513. The van der Waals surface area contributed by atoms with Gasteiger partial charge in [-0.15, -0.1) is 11.3 Å². The summed E-state index contributed by atoms with van der Waals surface area (Å²) < 4.78 is 5.16. The van der Waals surface area contributed by atoms with E-state index in [1.54, 1.807) is 11.6 Å². The fraction of sp³-hybridized carbons (Fsp3) is 0.188. The van der Waals surface area contributed by atoms with Crippen molar-refractivity contribution < 1.29 is 14.2 Å². The van der Waals surface area contributed by atoms with Crippen LogP contribution in [0.5, 0.6) is 0 Å². The molecule has 0 bridgehead atoms. The van der Waals surface area contributed by atoms with Crippen LogP contribution in [0.3, 0.4) is 0 Å². The third-order valence-corrected chi connectivity index (χ3v) is 4.29. The maximum Gasteiger partial charge on any atom is 0.273 e. The van der Waals surface area contributed by atoms with Gasteiger partial charge in [-0.05, 0) is 0 Å². The van der Waals surface area contributed by atoms with Crippen LogP contribution in [0.2, 0.25) is 0 Å². The van der Waals surface area contributed by atoms with Gasteiger partial charge in [-0.2, -0.15) is 0 Å². The molecule has 25 heavy (non-hydrogen) atoms. The molecular formula is C16H14N4O4S. The Balaban J connectivity index is 1.61. The number of nitrogens with zero attached hydrogens (tertiary/aromatic N) is 3. The Morgan fingerprint density at radius 1 is 1.36 bits per heavy atom. The van der Waals surface area contributed by atoms with Crippen molar-refractivity contribution in [3.05, 3.63) is 68.8 Å². The van der Waals surface area contributed by atoms with E-state index in [2.05, 4.69) is 15.5 Å². The molecule has 1 aromatic carbocycles. The van der Waals surface area contributed by atoms with Crippen LogP contribution in [0.4, 0.5) is 0 Å². The summed E-state index contributed by atoms with van der Waals surface area (Å²) in [6.07, 6.45) is 1.76. The normalized spacial score (nSPS) is 11.8. The molecule has 0 aliphatic carbocycles. The molecule has 0 saturated carbocycles. The highest BCUT2D eigenvalue weighted by Crippen LogP contribution is 2.19. The Hall–Kier alpha value is -3.07. The molecule has 0 radical (unpaired) electrons. The Morgan fingerprint density at radius 3 is 2.84 bits per heavy atom. The van der Waals surface area contributed by atoms with Gasteiger partial charge in [0.1, 0.15) is 0 Å². The largest absolute Gasteiger partial charge is 0.355 e. The molecule has 0 aliphatic rings. The molecule has 2 heterocycles. The van der Waals surface area contributed by atoms with Crippen LogP contribution in [0, 0.1) is 10.1 Å². The number of hydrogen-bond acceptors (Lipinski definition) is 7. The summed E-state index contributed by atoms with van der Waals surface area (Å²) in [4.78, 5) is 26.9. The first-order chi connectivity index (χ1) is 12.1. The van der Waals surface area contributed by atoms with Crippen molar-refractivity contribution in [2.24, 2.45) is 0 Å². The maximum atomic E-state index is 12.1. The first-order valence-electron chi connectivity index (χ1n) is 7.45. The molecule has 3 aromatic rings. The Morgan fingerprint density at radius 2 is 2.16 bits per heavy atom. The van der Waals surface area contributed by atoms with Gasteiger partial charge >= 0.3 is 0 Å². The predicted octanol–water partition coefficient (Wildman–Crippen LogP) is 2.42. The minimum Gasteiger partial charge on any atom is -0.355 e. The highest BCUT2D eigenvalue weighted by atomic mass is 32.1. The molecule has 1 amide bonds. The zero-order chi connectivity index (χ0) is 17.6. The van der Waals surface area contributed by atoms with Gasteiger partial charge in [0.05, 0.1) is 18.0 Å². The minimum atomic E-state index is -0.949. The lowest BCUT2D eigenvalue weighted by Gasteiger charge is -2.08. The summed E-state index contributed by atoms with van der Waals surface area (Å²) in [7, 11) is 0. The zero-order valence-corrected chi connectivity index (χ0v) is 13.8. The first-order valence-corrected chi connectivity index (χ1v) is 8.33. The maximum absolute atomic E-state index is 12.1. The van der Waals surface area contributed by atoms with Gasteiger partial charge in [-0.25, -0.2) is 4.98 Å². The number of carbonyl (C=O) groups excluding carboxylic acids is 1. The second kappa shape index (κ2) is 7.67. The number of amides is 1. The fourth-order valence-electron chi connectivity index (χ4n) is 2.20. The summed E-state index contributed by atoms with van der Waals surface area (Å²) >= 11 is 1.34. The zero-order valence-electron chi connectivity index (χ0n) is 13.0. The van der Waals surface area contributed by atoms with Crippen molar-refractivity contribution in [1.82, 2.24) is 15.5 Å². The van der Waals surface area contributed by atoms with Gasteiger partial charge in [0.2, 0.25) is 6.04 Å². The fourth-order valence-corrected chi connectivity index (χ4v) is 2.89. The van der Waals surface area contributed by atoms with E-state index in [0.29, 0.717) is 10.8 Å². The highest BCUT2D eigenvalue weighted by Gasteiger charge is 2.24. The van der Waals surface area contributed by atoms with E-state index in [1.807, 2.05) is 30.3 Å². The van der Waals surface area contributed by atoms with E-state index in [0.717, 1.165) is 5.56 Å². The highest BCUT2D eigenvalue weighted by molar-refractivity contribution is 7.09. The lowest BCUT2D eigenvalue weighted by atomic mass is 10.1. The summed E-state index contributed by atoms with van der Waals surface area (Å²) in [5.74, 6) is -0.0590. The van der Waals surface area contributed by atoms with Gasteiger partial charge < -0.3 is 9.84 Å². The molecule has 0 fully saturated rings. The number of nitrogens with one attached hydrogen (secondary N) is 1. The SMILES string of the molecule is O=C(NC[C@@H](Cc1nccs1)[N+](=O)[O-])c1cc(-c2ccccc2)on1. The molecule has 0 spiro atoms. The van der Waals surface area contributed by atoms with Crippen LogP contribution in [0.25, 0.3) is 11.3 Å². The topological polar surface area (TPSA) is 111 Å². The molecule has 0 saturated heterocycles. The number of benzene rings is 1. The molecule has 1 N–H and O–H groups in total. The van der Waals surface area contributed by atoms with Crippen molar-refractivity contribution in [3.63, 3.8) is 0 Å². The molecule has 8 nitrogen and oxygen atoms in total. The number of rotatable bonds is 7. The van der Waals surface area contributed by atoms with E-state index in [9.17, 15) is 14.9 Å². The summed E-state index contributed by atoms with van der Waals surface area (Å²) in [5.41, 5.74) is 0.871. The van der Waals surface area contributed by atoms with Gasteiger partial charge in [0, 0.05) is 28.1 Å². The van der Waals surface area contributed by atoms with Crippen molar-refractivity contribution in [3.8, 4) is 11.3 Å². The van der Waals surface area contributed by atoms with Gasteiger partial charge in [-0.3, -0.25) is 14.9 Å². The lowest BCUT2D eigenvalue weighted by Crippen LogP contribution is -2.38. The van der Waals surface area contributed by atoms with E-state index in [-0.39, 0.29) is 18.7 Å². The number of nitro groups is 1. The predicted molar refractivity (Wildman–Crippen MR) is 90.9 cm³/mol. The number of aromatic nitrogens is 2. The minimum absolute atomic E-state index is 0.0789. The van der Waals surface area contributed by atoms with Crippen LogP contribution >= 0.6 is 11.3 Å². The number of hydrogen-bond donors (Lipinski definition) is 1. The molecule has 1 atom stereocenters. The molecule has 3 rings (SSSR count). The standard InChI is InChI=1S/C16H14N4O4S/c21-16(13-9-14(24-19-13)11-4-2-1-3-5-11)18-10-12(20(22)23)8-15-17-6-7-25-15/h1-7,9,12H,8,10H2,(H,18,21)/t12-/m1/s1. The van der Waals surface area contributed by atoms with Crippen molar-refractivity contribution in [1.29, 1.82) is 0 Å². The molecule has 9 heteroatoms.